The zero-order valence-electron chi connectivity index (χ0n) is 8.12. The van der Waals surface area contributed by atoms with Crippen LogP contribution >= 0.6 is 11.6 Å². The van der Waals surface area contributed by atoms with Gasteiger partial charge in [-0.05, 0) is 6.07 Å². The Morgan fingerprint density at radius 1 is 1.50 bits per heavy atom. The van der Waals surface area contributed by atoms with Crippen molar-refractivity contribution in [2.75, 3.05) is 6.54 Å². The van der Waals surface area contributed by atoms with Gasteiger partial charge in [0.15, 0.2) is 0 Å². The molecule has 0 aliphatic carbocycles. The van der Waals surface area contributed by atoms with Crippen LogP contribution in [-0.2, 0) is 6.42 Å². The van der Waals surface area contributed by atoms with Crippen molar-refractivity contribution in [1.29, 1.82) is 0 Å². The maximum absolute atomic E-state index is 13.1. The van der Waals surface area contributed by atoms with Crippen LogP contribution in [0.3, 0.4) is 0 Å². The van der Waals surface area contributed by atoms with Crippen LogP contribution in [-0.4, -0.2) is 17.4 Å². The van der Waals surface area contributed by atoms with E-state index in [4.69, 9.17) is 17.3 Å². The number of hydrogen-bond acceptors (Lipinski definition) is 3. The van der Waals surface area contributed by atoms with Gasteiger partial charge in [-0.25, -0.2) is 8.78 Å². The van der Waals surface area contributed by atoms with Crippen LogP contribution < -0.4 is 5.73 Å². The second-order valence-electron chi connectivity index (χ2n) is 3.23. The molecule has 0 bridgehead atoms. The maximum Gasteiger partial charge on any atom is 0.274 e. The third kappa shape index (κ3) is 2.86. The first kappa shape index (κ1) is 12.8. The molecule has 2 N–H and O–H groups in total. The predicted octanol–water partition coefficient (Wildman–Crippen LogP) is 2.38. The highest BCUT2D eigenvalue weighted by Gasteiger charge is 2.32. The molecule has 1 rings (SSSR count). The van der Waals surface area contributed by atoms with Crippen LogP contribution in [0.25, 0.3) is 0 Å². The summed E-state index contributed by atoms with van der Waals surface area (Å²) in [6.07, 6.45) is -0.834. The minimum Gasteiger partial charge on any atom is -0.325 e. The molecule has 7 heteroatoms. The monoisotopic (exact) mass is 250 g/mol. The lowest BCUT2D eigenvalue weighted by atomic mass is 10.1. The number of nitrogens with zero attached hydrogens (tertiary/aromatic N) is 1. The number of alkyl halides is 2. The summed E-state index contributed by atoms with van der Waals surface area (Å²) in [7, 11) is 0. The fourth-order valence-corrected chi connectivity index (χ4v) is 1.46. The summed E-state index contributed by atoms with van der Waals surface area (Å²) in [6.45, 7) is -0.880. The van der Waals surface area contributed by atoms with Crippen LogP contribution in [0.5, 0.6) is 0 Å². The van der Waals surface area contributed by atoms with Gasteiger partial charge in [0, 0.05) is 12.5 Å². The molecular weight excluding hydrogens is 242 g/mol. The molecule has 0 aromatic heterocycles. The summed E-state index contributed by atoms with van der Waals surface area (Å²) >= 11 is 5.66. The fraction of sp³-hybridized carbons (Fsp3) is 0.333. The van der Waals surface area contributed by atoms with Crippen molar-refractivity contribution in [3.63, 3.8) is 0 Å². The maximum atomic E-state index is 13.1. The van der Waals surface area contributed by atoms with Crippen molar-refractivity contribution in [3.05, 3.63) is 38.9 Å². The van der Waals surface area contributed by atoms with Gasteiger partial charge in [0.05, 0.1) is 22.1 Å². The Hall–Kier alpha value is -1.27. The summed E-state index contributed by atoms with van der Waals surface area (Å²) in [5, 5.41) is 10.6. The van der Waals surface area contributed by atoms with Crippen LogP contribution in [0.4, 0.5) is 14.5 Å². The van der Waals surface area contributed by atoms with Crippen LogP contribution in [0.2, 0.25) is 5.02 Å². The van der Waals surface area contributed by atoms with Gasteiger partial charge < -0.3 is 5.73 Å². The van der Waals surface area contributed by atoms with E-state index in [1.165, 1.54) is 12.1 Å². The number of rotatable bonds is 4. The van der Waals surface area contributed by atoms with Gasteiger partial charge in [0.2, 0.25) is 0 Å². The average Bonchev–Trinajstić information content (AvgIpc) is 2.20. The molecule has 0 saturated carbocycles. The summed E-state index contributed by atoms with van der Waals surface area (Å²) in [4.78, 5) is 9.88. The SMILES string of the molecule is NCC(F)(F)Cc1c(Cl)cccc1[N+](=O)[O-]. The third-order valence-electron chi connectivity index (χ3n) is 2.02. The third-order valence-corrected chi connectivity index (χ3v) is 2.38. The van der Waals surface area contributed by atoms with Gasteiger partial charge in [-0.2, -0.15) is 0 Å². The molecule has 16 heavy (non-hydrogen) atoms. The first-order chi connectivity index (χ1) is 7.37. The number of halogens is 3. The highest BCUT2D eigenvalue weighted by atomic mass is 35.5. The summed E-state index contributed by atoms with van der Waals surface area (Å²) in [6, 6.07) is 3.80. The molecule has 1 aromatic rings. The van der Waals surface area contributed by atoms with Gasteiger partial charge in [-0.15, -0.1) is 0 Å². The van der Waals surface area contributed by atoms with Gasteiger partial charge >= 0.3 is 0 Å². The average molecular weight is 251 g/mol. The van der Waals surface area contributed by atoms with E-state index in [2.05, 4.69) is 0 Å². The van der Waals surface area contributed by atoms with Crippen molar-refractivity contribution >= 4 is 17.3 Å². The van der Waals surface area contributed by atoms with Crippen molar-refractivity contribution in [3.8, 4) is 0 Å². The van der Waals surface area contributed by atoms with Crippen molar-refractivity contribution in [1.82, 2.24) is 0 Å². The molecule has 0 unspecified atom stereocenters. The summed E-state index contributed by atoms with van der Waals surface area (Å²) < 4.78 is 26.1. The first-order valence-corrected chi connectivity index (χ1v) is 4.75. The van der Waals surface area contributed by atoms with E-state index in [9.17, 15) is 18.9 Å². The Bertz CT molecular complexity index is 412. The highest BCUT2D eigenvalue weighted by Crippen LogP contribution is 2.31. The van der Waals surface area contributed by atoms with Gasteiger partial charge in [-0.3, -0.25) is 10.1 Å². The topological polar surface area (TPSA) is 69.2 Å². The minimum absolute atomic E-state index is 0.0534. The fourth-order valence-electron chi connectivity index (χ4n) is 1.22. The van der Waals surface area contributed by atoms with E-state index in [0.717, 1.165) is 6.07 Å². The highest BCUT2D eigenvalue weighted by molar-refractivity contribution is 6.31. The van der Waals surface area contributed by atoms with E-state index >= 15 is 0 Å². The second-order valence-corrected chi connectivity index (χ2v) is 3.64. The molecule has 1 aromatic carbocycles. The Morgan fingerprint density at radius 3 is 2.62 bits per heavy atom. The molecule has 88 valence electrons. The van der Waals surface area contributed by atoms with Crippen molar-refractivity contribution in [2.45, 2.75) is 12.3 Å². The molecule has 0 atom stereocenters. The molecular formula is C9H9ClF2N2O2. The Morgan fingerprint density at radius 2 is 2.12 bits per heavy atom. The number of nitro benzene ring substituents is 1. The van der Waals surface area contributed by atoms with Crippen LogP contribution in [0, 0.1) is 10.1 Å². The largest absolute Gasteiger partial charge is 0.325 e. The van der Waals surface area contributed by atoms with Gasteiger partial charge in [0.1, 0.15) is 0 Å². The van der Waals surface area contributed by atoms with Crippen LogP contribution in [0.1, 0.15) is 5.56 Å². The molecule has 0 radical (unpaired) electrons. The van der Waals surface area contributed by atoms with Crippen LogP contribution in [0.15, 0.2) is 18.2 Å². The van der Waals surface area contributed by atoms with Crippen molar-refractivity contribution < 1.29 is 13.7 Å². The first-order valence-electron chi connectivity index (χ1n) is 4.37. The standard InChI is InChI=1S/C9H9ClF2N2O2/c10-7-2-1-3-8(14(15)16)6(7)4-9(11,12)5-13/h1-3H,4-5,13H2. The Balaban J connectivity index is 3.16. The smallest absolute Gasteiger partial charge is 0.274 e. The molecule has 0 aliphatic heterocycles. The molecule has 0 fully saturated rings. The predicted molar refractivity (Wildman–Crippen MR) is 55.8 cm³/mol. The van der Waals surface area contributed by atoms with E-state index in [0.29, 0.717) is 0 Å². The molecule has 4 nitrogen and oxygen atoms in total. The number of nitrogens with two attached hydrogens (primary N) is 1. The molecule has 0 saturated heterocycles. The number of benzene rings is 1. The van der Waals surface area contributed by atoms with Gasteiger partial charge in [0.25, 0.3) is 11.6 Å². The zero-order chi connectivity index (χ0) is 12.3. The lowest BCUT2D eigenvalue weighted by Gasteiger charge is -2.14. The normalized spacial score (nSPS) is 11.5. The lowest BCUT2D eigenvalue weighted by molar-refractivity contribution is -0.385. The molecule has 0 spiro atoms. The quantitative estimate of drug-likeness (QED) is 0.659. The van der Waals surface area contributed by atoms with E-state index in [1.807, 2.05) is 0 Å². The number of hydrogen-bond donors (Lipinski definition) is 1. The molecule has 0 aliphatic rings. The Kier molecular flexibility index (Phi) is 3.77. The number of nitro groups is 1. The van der Waals surface area contributed by atoms with E-state index in [-0.39, 0.29) is 10.6 Å². The Labute approximate surface area is 95.2 Å². The zero-order valence-corrected chi connectivity index (χ0v) is 8.88. The molecule has 0 amide bonds. The van der Waals surface area contributed by atoms with Gasteiger partial charge in [-0.1, -0.05) is 17.7 Å². The lowest BCUT2D eigenvalue weighted by Crippen LogP contribution is -2.30. The minimum atomic E-state index is -3.20. The second kappa shape index (κ2) is 4.71. The molecule has 0 heterocycles. The van der Waals surface area contributed by atoms with E-state index < -0.39 is 29.5 Å². The summed E-state index contributed by atoms with van der Waals surface area (Å²) in [5.41, 5.74) is 4.26. The van der Waals surface area contributed by atoms with Crippen molar-refractivity contribution in [2.24, 2.45) is 5.73 Å². The van der Waals surface area contributed by atoms with E-state index in [1.54, 1.807) is 0 Å². The summed E-state index contributed by atoms with van der Waals surface area (Å²) in [5.74, 6) is -3.20.